The molecule has 2 heterocycles. The number of aliphatic hydroxyl groups excluding tert-OH is 2. The molecule has 146 valence electrons. The van der Waals surface area contributed by atoms with Crippen molar-refractivity contribution in [2.24, 2.45) is 11.8 Å². The Bertz CT molecular complexity index is 581. The van der Waals surface area contributed by atoms with Crippen LogP contribution in [-0.4, -0.2) is 82.9 Å². The summed E-state index contributed by atoms with van der Waals surface area (Å²) >= 11 is 0. The second kappa shape index (κ2) is 7.78. The first-order valence-corrected chi connectivity index (χ1v) is 9.23. The molecule has 6 atom stereocenters. The van der Waals surface area contributed by atoms with Crippen LogP contribution in [0.25, 0.3) is 0 Å². The van der Waals surface area contributed by atoms with E-state index in [1.807, 2.05) is 0 Å². The molecule has 0 aromatic rings. The van der Waals surface area contributed by atoms with Crippen molar-refractivity contribution in [2.75, 3.05) is 32.8 Å². The molecule has 0 unspecified atom stereocenters. The van der Waals surface area contributed by atoms with E-state index in [0.29, 0.717) is 25.3 Å². The Morgan fingerprint density at radius 2 is 2.00 bits per heavy atom. The number of nitrogens with zero attached hydrogens (tertiary/aromatic N) is 1. The van der Waals surface area contributed by atoms with Crippen molar-refractivity contribution in [3.63, 3.8) is 0 Å². The molecule has 26 heavy (non-hydrogen) atoms. The highest BCUT2D eigenvalue weighted by Crippen LogP contribution is 2.37. The molecule has 2 saturated heterocycles. The Hall–Kier alpha value is -1.25. The molecule has 3 aliphatic rings. The molecule has 0 saturated carbocycles. The summed E-state index contributed by atoms with van der Waals surface area (Å²) in [6.45, 7) is 6.57. The Morgan fingerprint density at radius 3 is 2.69 bits per heavy atom. The van der Waals surface area contributed by atoms with Gasteiger partial charge in [0.25, 0.3) is 0 Å². The molecule has 2 fully saturated rings. The summed E-state index contributed by atoms with van der Waals surface area (Å²) in [5, 5.41) is 31.6. The van der Waals surface area contributed by atoms with Crippen molar-refractivity contribution in [3.8, 4) is 0 Å². The number of fused-ring (bicyclic) bond motifs is 1. The first kappa shape index (κ1) is 19.5. The van der Waals surface area contributed by atoms with E-state index in [2.05, 4.69) is 4.90 Å². The maximum Gasteiger partial charge on any atom is 0.311 e. The van der Waals surface area contributed by atoms with Gasteiger partial charge in [0.15, 0.2) is 0 Å². The lowest BCUT2D eigenvalue weighted by Gasteiger charge is -2.33. The molecule has 7 nitrogen and oxygen atoms in total. The van der Waals surface area contributed by atoms with E-state index < -0.39 is 35.7 Å². The van der Waals surface area contributed by atoms with Gasteiger partial charge in [0, 0.05) is 32.0 Å². The predicted octanol–water partition coefficient (Wildman–Crippen LogP) is -0.145. The number of rotatable bonds is 2. The molecule has 1 aliphatic carbocycles. The van der Waals surface area contributed by atoms with Gasteiger partial charge < -0.3 is 24.8 Å². The molecule has 7 heteroatoms. The number of carbonyl (C=O) groups is 1. The number of ether oxygens (including phenoxy) is 2. The summed E-state index contributed by atoms with van der Waals surface area (Å²) < 4.78 is 10.9. The molecule has 3 rings (SSSR count). The van der Waals surface area contributed by atoms with Crippen LogP contribution in [0.2, 0.25) is 0 Å². The third kappa shape index (κ3) is 4.35. The molecule has 0 amide bonds. The van der Waals surface area contributed by atoms with Gasteiger partial charge in [-0.1, -0.05) is 12.2 Å². The fourth-order valence-corrected chi connectivity index (χ4v) is 4.01. The van der Waals surface area contributed by atoms with Gasteiger partial charge in [0.05, 0.1) is 36.9 Å². The fraction of sp³-hybridized carbons (Fsp3) is 0.737. The van der Waals surface area contributed by atoms with Gasteiger partial charge in [-0.2, -0.15) is 0 Å². The largest absolute Gasteiger partial charge is 0.457 e. The lowest BCUT2D eigenvalue weighted by atomic mass is 9.79. The lowest BCUT2D eigenvalue weighted by Crippen LogP contribution is -2.45. The van der Waals surface area contributed by atoms with Crippen LogP contribution in [0.4, 0.5) is 0 Å². The highest BCUT2D eigenvalue weighted by molar-refractivity contribution is 5.76. The minimum atomic E-state index is -1.28. The topological polar surface area (TPSA) is 99.5 Å². The minimum Gasteiger partial charge on any atom is -0.457 e. The second-order valence-electron chi connectivity index (χ2n) is 7.84. The van der Waals surface area contributed by atoms with Crippen LogP contribution >= 0.6 is 0 Å². The van der Waals surface area contributed by atoms with E-state index in [0.717, 1.165) is 13.1 Å². The van der Waals surface area contributed by atoms with Crippen LogP contribution in [-0.2, 0) is 14.3 Å². The molecule has 0 bridgehead atoms. The number of aliphatic hydroxyl groups is 3. The quantitative estimate of drug-likeness (QED) is 0.461. The summed E-state index contributed by atoms with van der Waals surface area (Å²) in [7, 11) is 0. The van der Waals surface area contributed by atoms with Crippen molar-refractivity contribution in [3.05, 3.63) is 23.8 Å². The normalized spacial score (nSPS) is 45.3. The number of carbonyl (C=O) groups excluding carboxylic acids is 1. The second-order valence-corrected chi connectivity index (χ2v) is 7.84. The van der Waals surface area contributed by atoms with Crippen LogP contribution in [0, 0.1) is 11.8 Å². The summed E-state index contributed by atoms with van der Waals surface area (Å²) in [6.07, 6.45) is 2.42. The first-order chi connectivity index (χ1) is 12.3. The van der Waals surface area contributed by atoms with Gasteiger partial charge in [-0.25, -0.2) is 0 Å². The van der Waals surface area contributed by atoms with E-state index in [1.54, 1.807) is 19.9 Å². The molecule has 0 aromatic heterocycles. The summed E-state index contributed by atoms with van der Waals surface area (Å²) in [5.74, 6) is -1.28. The Morgan fingerprint density at radius 1 is 1.31 bits per heavy atom. The molecule has 0 radical (unpaired) electrons. The SMILES string of the molecule is C/C1=C/[C@H]2OC(=O)[C@@H](CN3CCOCC3)[C@@H]2[C@H](O)C[C@@](C)(O)/C=C/[C@@H]1O. The number of hydrogen-bond acceptors (Lipinski definition) is 7. The third-order valence-electron chi connectivity index (χ3n) is 5.56. The van der Waals surface area contributed by atoms with Gasteiger partial charge in [0.2, 0.25) is 0 Å². The Labute approximate surface area is 153 Å². The maximum atomic E-state index is 12.5. The third-order valence-corrected chi connectivity index (χ3v) is 5.56. The van der Waals surface area contributed by atoms with Crippen LogP contribution in [0.3, 0.4) is 0 Å². The number of esters is 1. The zero-order valence-corrected chi connectivity index (χ0v) is 15.4. The molecular formula is C19H29NO6. The van der Waals surface area contributed by atoms with Crippen LogP contribution in [0.15, 0.2) is 23.8 Å². The molecule has 2 aliphatic heterocycles. The van der Waals surface area contributed by atoms with Crippen LogP contribution in [0.5, 0.6) is 0 Å². The lowest BCUT2D eigenvalue weighted by molar-refractivity contribution is -0.143. The maximum absolute atomic E-state index is 12.5. The average molecular weight is 367 g/mol. The zero-order valence-electron chi connectivity index (χ0n) is 15.4. The standard InChI is InChI=1S/C19H29NO6/c1-12-9-16-17(15(22)10-19(2,24)4-3-14(12)21)13(18(23)26-16)11-20-5-7-25-8-6-20/h3-4,9,13-17,21-22,24H,5-8,10-11H2,1-2H3/b4-3+,12-9-/t13-,14-,15+,16+,17+,19-/m0/s1. The molecule has 0 aromatic carbocycles. The monoisotopic (exact) mass is 367 g/mol. The van der Waals surface area contributed by atoms with Gasteiger partial charge in [-0.15, -0.1) is 0 Å². The highest BCUT2D eigenvalue weighted by Gasteiger charge is 2.49. The molecular weight excluding hydrogens is 338 g/mol. The molecule has 0 spiro atoms. The van der Waals surface area contributed by atoms with E-state index in [4.69, 9.17) is 9.47 Å². The van der Waals surface area contributed by atoms with E-state index in [9.17, 15) is 20.1 Å². The van der Waals surface area contributed by atoms with Crippen LogP contribution < -0.4 is 0 Å². The molecule has 3 N–H and O–H groups in total. The fourth-order valence-electron chi connectivity index (χ4n) is 4.01. The van der Waals surface area contributed by atoms with Crippen molar-refractivity contribution in [1.82, 2.24) is 4.90 Å². The first-order valence-electron chi connectivity index (χ1n) is 9.23. The van der Waals surface area contributed by atoms with Gasteiger partial charge in [0.1, 0.15) is 6.10 Å². The van der Waals surface area contributed by atoms with Gasteiger partial charge in [-0.05, 0) is 25.5 Å². The van der Waals surface area contributed by atoms with Crippen molar-refractivity contribution >= 4 is 5.97 Å². The number of hydrogen-bond donors (Lipinski definition) is 3. The van der Waals surface area contributed by atoms with E-state index in [-0.39, 0.29) is 12.4 Å². The summed E-state index contributed by atoms with van der Waals surface area (Å²) in [6, 6.07) is 0. The van der Waals surface area contributed by atoms with Crippen molar-refractivity contribution < 1.29 is 29.6 Å². The minimum absolute atomic E-state index is 0.0700. The van der Waals surface area contributed by atoms with Crippen molar-refractivity contribution in [1.29, 1.82) is 0 Å². The van der Waals surface area contributed by atoms with Gasteiger partial charge >= 0.3 is 5.97 Å². The van der Waals surface area contributed by atoms with Gasteiger partial charge in [-0.3, -0.25) is 9.69 Å². The predicted molar refractivity (Wildman–Crippen MR) is 94.3 cm³/mol. The smallest absolute Gasteiger partial charge is 0.311 e. The Balaban J connectivity index is 1.87. The summed E-state index contributed by atoms with van der Waals surface area (Å²) in [5.41, 5.74) is -0.654. The highest BCUT2D eigenvalue weighted by atomic mass is 16.6. The van der Waals surface area contributed by atoms with E-state index in [1.165, 1.54) is 12.2 Å². The van der Waals surface area contributed by atoms with E-state index >= 15 is 0 Å². The van der Waals surface area contributed by atoms with Crippen molar-refractivity contribution in [2.45, 2.75) is 44.2 Å². The Kier molecular flexibility index (Phi) is 5.84. The number of morpholine rings is 1. The zero-order chi connectivity index (χ0) is 18.9. The van der Waals surface area contributed by atoms with Crippen LogP contribution in [0.1, 0.15) is 20.3 Å². The average Bonchev–Trinajstić information content (AvgIpc) is 2.88. The summed E-state index contributed by atoms with van der Waals surface area (Å²) in [4.78, 5) is 14.7.